The van der Waals surface area contributed by atoms with Crippen molar-refractivity contribution in [1.29, 1.82) is 0 Å². The van der Waals surface area contributed by atoms with E-state index in [1.54, 1.807) is 7.11 Å². The van der Waals surface area contributed by atoms with Gasteiger partial charge in [-0.2, -0.15) is 0 Å². The van der Waals surface area contributed by atoms with Gasteiger partial charge in [0.1, 0.15) is 17.6 Å². The summed E-state index contributed by atoms with van der Waals surface area (Å²) in [5.41, 5.74) is 0.804. The normalized spacial score (nSPS) is 22.2. The van der Waals surface area contributed by atoms with E-state index in [-0.39, 0.29) is 17.8 Å². The van der Waals surface area contributed by atoms with E-state index in [1.165, 1.54) is 18.2 Å². The monoisotopic (exact) mass is 404 g/mol. The molecule has 28 heavy (non-hydrogen) atoms. The molecule has 1 aromatic heterocycles. The van der Waals surface area contributed by atoms with Crippen LogP contribution >= 0.6 is 11.8 Å². The fourth-order valence-electron chi connectivity index (χ4n) is 3.69. The molecule has 1 aromatic carbocycles. The Morgan fingerprint density at radius 3 is 2.68 bits per heavy atom. The highest BCUT2D eigenvalue weighted by atomic mass is 32.2. The van der Waals surface area contributed by atoms with E-state index in [2.05, 4.69) is 31.0 Å². The molecule has 7 heteroatoms. The number of nitrogens with zero attached hydrogens (tertiary/aromatic N) is 2. The van der Waals surface area contributed by atoms with Crippen molar-refractivity contribution in [1.82, 2.24) is 10.2 Å². The number of aromatic nitrogens is 2. The Labute approximate surface area is 170 Å². The number of carbonyl (C=O) groups is 1. The number of thioether (sulfide) groups is 1. The molecule has 1 aliphatic rings. The van der Waals surface area contributed by atoms with Crippen LogP contribution in [0.15, 0.2) is 33.9 Å². The Bertz CT molecular complexity index is 775. The molecule has 0 radical (unpaired) electrons. The highest BCUT2D eigenvalue weighted by molar-refractivity contribution is 7.99. The zero-order valence-corrected chi connectivity index (χ0v) is 17.7. The second-order valence-corrected chi connectivity index (χ2v) is 8.67. The maximum Gasteiger partial charge on any atom is 0.316 e. The lowest BCUT2D eigenvalue weighted by atomic mass is 9.75. The molecule has 1 heterocycles. The third-order valence-electron chi connectivity index (χ3n) is 5.30. The Morgan fingerprint density at radius 2 is 2.00 bits per heavy atom. The first-order chi connectivity index (χ1) is 13.5. The van der Waals surface area contributed by atoms with Gasteiger partial charge >= 0.3 is 5.97 Å². The number of hydrogen-bond acceptors (Lipinski definition) is 7. The Balaban J connectivity index is 1.53. The van der Waals surface area contributed by atoms with Crippen molar-refractivity contribution < 1.29 is 18.7 Å². The van der Waals surface area contributed by atoms with E-state index in [0.29, 0.717) is 28.9 Å². The van der Waals surface area contributed by atoms with Gasteiger partial charge < -0.3 is 13.9 Å². The lowest BCUT2D eigenvalue weighted by molar-refractivity contribution is -0.152. The number of esters is 1. The minimum Gasteiger partial charge on any atom is -0.497 e. The summed E-state index contributed by atoms with van der Waals surface area (Å²) in [4.78, 5) is 12.4. The van der Waals surface area contributed by atoms with Gasteiger partial charge in [0.25, 0.3) is 5.22 Å². The predicted octanol–water partition coefficient (Wildman–Crippen LogP) is 4.84. The third kappa shape index (κ3) is 5.28. The molecule has 3 atom stereocenters. The van der Waals surface area contributed by atoms with Crippen LogP contribution in [0.5, 0.6) is 5.75 Å². The topological polar surface area (TPSA) is 74.5 Å². The molecule has 0 bridgehead atoms. The summed E-state index contributed by atoms with van der Waals surface area (Å²) in [5, 5.41) is 8.43. The van der Waals surface area contributed by atoms with Crippen molar-refractivity contribution in [2.45, 2.75) is 51.4 Å². The lowest BCUT2D eigenvalue weighted by Gasteiger charge is -2.36. The van der Waals surface area contributed by atoms with Crippen LogP contribution in [0.3, 0.4) is 0 Å². The molecule has 152 valence electrons. The molecule has 1 fully saturated rings. The van der Waals surface area contributed by atoms with Crippen molar-refractivity contribution >= 4 is 17.7 Å². The number of benzene rings is 1. The SMILES string of the molecule is COc1ccc(-c2nnc(SCC(=O)O[C@@H]3C[C@@H](C)CC[C@H]3C(C)C)o2)cc1. The maximum absolute atomic E-state index is 12.4. The number of methoxy groups -OCH3 is 1. The summed E-state index contributed by atoms with van der Waals surface area (Å²) in [7, 11) is 1.62. The van der Waals surface area contributed by atoms with Crippen molar-refractivity contribution in [3.63, 3.8) is 0 Å². The van der Waals surface area contributed by atoms with Gasteiger partial charge in [-0.1, -0.05) is 39.0 Å². The van der Waals surface area contributed by atoms with Crippen molar-refractivity contribution in [3.8, 4) is 17.2 Å². The average molecular weight is 405 g/mol. The van der Waals surface area contributed by atoms with Crippen LogP contribution in [0.4, 0.5) is 0 Å². The number of rotatable bonds is 7. The second kappa shape index (κ2) is 9.45. The molecule has 0 spiro atoms. The molecule has 0 aliphatic heterocycles. The molecular weight excluding hydrogens is 376 g/mol. The van der Waals surface area contributed by atoms with E-state index < -0.39 is 0 Å². The first kappa shape index (κ1) is 20.7. The molecule has 6 nitrogen and oxygen atoms in total. The molecule has 0 N–H and O–H groups in total. The predicted molar refractivity (Wildman–Crippen MR) is 108 cm³/mol. The van der Waals surface area contributed by atoms with E-state index in [4.69, 9.17) is 13.9 Å². The first-order valence-corrected chi connectivity index (χ1v) is 10.7. The van der Waals surface area contributed by atoms with Gasteiger partial charge in [-0.25, -0.2) is 0 Å². The van der Waals surface area contributed by atoms with Gasteiger partial charge in [0.15, 0.2) is 0 Å². The van der Waals surface area contributed by atoms with E-state index in [0.717, 1.165) is 24.2 Å². The zero-order chi connectivity index (χ0) is 20.1. The van der Waals surface area contributed by atoms with Gasteiger partial charge in [0.2, 0.25) is 5.89 Å². The van der Waals surface area contributed by atoms with E-state index in [1.807, 2.05) is 24.3 Å². The van der Waals surface area contributed by atoms with Crippen molar-refractivity contribution in [3.05, 3.63) is 24.3 Å². The largest absolute Gasteiger partial charge is 0.497 e. The quantitative estimate of drug-likeness (QED) is 0.483. The molecule has 0 saturated heterocycles. The Kier molecular flexibility index (Phi) is 6.99. The Hall–Kier alpha value is -2.02. The van der Waals surface area contributed by atoms with Crippen LogP contribution in [0, 0.1) is 17.8 Å². The average Bonchev–Trinajstić information content (AvgIpc) is 3.15. The lowest BCUT2D eigenvalue weighted by Crippen LogP contribution is -2.36. The standard InChI is InChI=1S/C21H28N2O4S/c1-13(2)17-10-5-14(3)11-18(17)26-19(24)12-28-21-23-22-20(27-21)15-6-8-16(25-4)9-7-15/h6-9,13-14,17-18H,5,10-12H2,1-4H3/t14-,17-,18+/m0/s1. The second-order valence-electron chi connectivity index (χ2n) is 7.74. The highest BCUT2D eigenvalue weighted by Crippen LogP contribution is 2.35. The molecule has 0 amide bonds. The zero-order valence-electron chi connectivity index (χ0n) is 16.9. The van der Waals surface area contributed by atoms with Crippen LogP contribution in [-0.4, -0.2) is 35.1 Å². The van der Waals surface area contributed by atoms with Crippen LogP contribution < -0.4 is 4.74 Å². The minimum atomic E-state index is -0.223. The van der Waals surface area contributed by atoms with E-state index in [9.17, 15) is 4.79 Å². The molecular formula is C21H28N2O4S. The molecule has 3 rings (SSSR count). The van der Waals surface area contributed by atoms with Gasteiger partial charge in [0, 0.05) is 5.56 Å². The number of hydrogen-bond donors (Lipinski definition) is 0. The summed E-state index contributed by atoms with van der Waals surface area (Å²) < 4.78 is 16.6. The fourth-order valence-corrected chi connectivity index (χ4v) is 4.24. The van der Waals surface area contributed by atoms with Gasteiger partial charge in [-0.05, 0) is 54.9 Å². The van der Waals surface area contributed by atoms with Crippen molar-refractivity contribution in [2.75, 3.05) is 12.9 Å². The van der Waals surface area contributed by atoms with Crippen molar-refractivity contribution in [2.24, 2.45) is 17.8 Å². The fraction of sp³-hybridized carbons (Fsp3) is 0.571. The smallest absolute Gasteiger partial charge is 0.316 e. The summed E-state index contributed by atoms with van der Waals surface area (Å²) in [6, 6.07) is 7.37. The van der Waals surface area contributed by atoms with Crippen LogP contribution in [0.25, 0.3) is 11.5 Å². The minimum absolute atomic E-state index is 0.00870. The number of carbonyl (C=O) groups excluding carboxylic acids is 1. The maximum atomic E-state index is 12.4. The molecule has 2 aromatic rings. The summed E-state index contributed by atoms with van der Waals surface area (Å²) in [6.07, 6.45) is 3.29. The summed E-state index contributed by atoms with van der Waals surface area (Å²) in [6.45, 7) is 6.63. The van der Waals surface area contributed by atoms with Crippen LogP contribution in [0.2, 0.25) is 0 Å². The third-order valence-corrected chi connectivity index (χ3v) is 6.09. The van der Waals surface area contributed by atoms with Gasteiger partial charge in [0.05, 0.1) is 7.11 Å². The van der Waals surface area contributed by atoms with E-state index >= 15 is 0 Å². The first-order valence-electron chi connectivity index (χ1n) is 9.76. The molecule has 1 saturated carbocycles. The summed E-state index contributed by atoms with van der Waals surface area (Å²) in [5.74, 6) is 2.68. The summed E-state index contributed by atoms with van der Waals surface area (Å²) >= 11 is 1.21. The Morgan fingerprint density at radius 1 is 1.25 bits per heavy atom. The molecule has 1 aliphatic carbocycles. The van der Waals surface area contributed by atoms with Gasteiger partial charge in [-0.3, -0.25) is 4.79 Å². The highest BCUT2D eigenvalue weighted by Gasteiger charge is 2.33. The number of ether oxygens (including phenoxy) is 2. The molecule has 0 unspecified atom stereocenters. The van der Waals surface area contributed by atoms with Crippen LogP contribution in [-0.2, 0) is 9.53 Å². The van der Waals surface area contributed by atoms with Crippen LogP contribution in [0.1, 0.15) is 40.0 Å². The van der Waals surface area contributed by atoms with Gasteiger partial charge in [-0.15, -0.1) is 10.2 Å².